The summed E-state index contributed by atoms with van der Waals surface area (Å²) in [5, 5.41) is 9.31. The fourth-order valence-corrected chi connectivity index (χ4v) is 7.83. The van der Waals surface area contributed by atoms with Gasteiger partial charge in [0.25, 0.3) is 5.91 Å². The predicted octanol–water partition coefficient (Wildman–Crippen LogP) is 7.90. The molecule has 0 unspecified atom stereocenters. The van der Waals surface area contributed by atoms with Crippen molar-refractivity contribution in [1.29, 1.82) is 0 Å². The fraction of sp³-hybridized carbons (Fsp3) is 0.486. The lowest BCUT2D eigenvalue weighted by Crippen LogP contribution is -2.49. The molecule has 6 nitrogen and oxygen atoms in total. The van der Waals surface area contributed by atoms with Gasteiger partial charge in [-0.3, -0.25) is 4.79 Å². The number of rotatable bonds is 6. The number of esters is 1. The van der Waals surface area contributed by atoms with Gasteiger partial charge in [0, 0.05) is 23.9 Å². The van der Waals surface area contributed by atoms with Crippen LogP contribution in [-0.2, 0) is 4.74 Å². The number of hydrogen-bond donors (Lipinski definition) is 1. The van der Waals surface area contributed by atoms with E-state index in [9.17, 15) is 19.5 Å². The minimum Gasteiger partial charge on any atom is -0.478 e. The second-order valence-electron chi connectivity index (χ2n) is 14.0. The second kappa shape index (κ2) is 11.8. The molecule has 0 saturated heterocycles. The first-order chi connectivity index (χ1) is 20.3. The number of amides is 1. The van der Waals surface area contributed by atoms with E-state index in [1.807, 2.05) is 23.1 Å². The summed E-state index contributed by atoms with van der Waals surface area (Å²) in [4.78, 5) is 40.8. The molecule has 0 radical (unpaired) electrons. The maximum atomic E-state index is 14.0. The Hall–Kier alpha value is -3.67. The molecule has 0 bridgehead atoms. The van der Waals surface area contributed by atoms with Crippen molar-refractivity contribution in [1.82, 2.24) is 4.90 Å². The van der Waals surface area contributed by atoms with Crippen LogP contribution in [0.15, 0.2) is 66.3 Å². The standard InChI is InChI=1S/C37H45NO5/c1-23(2)27-16-11-24(3)21-31(27)43-35(42)29-10-8-7-9-28(29)33(39)38-20-18-32-36(4,5)30(17-19-37(32,6)22-38)25-12-14-26(15-13-25)34(40)41/h7-10,12-15,17-18,23-24,27,31H,11,16,19-22H2,1-6H3,(H,40,41)/t24-,27+,31-,37+/m0/s1. The molecular formula is C37H45NO5. The summed E-state index contributed by atoms with van der Waals surface area (Å²) in [5.74, 6) is -0.231. The van der Waals surface area contributed by atoms with E-state index in [-0.39, 0.29) is 28.4 Å². The Morgan fingerprint density at radius 1 is 0.953 bits per heavy atom. The monoisotopic (exact) mass is 583 g/mol. The molecule has 2 aromatic rings. The smallest absolute Gasteiger partial charge is 0.339 e. The number of carbonyl (C=O) groups excluding carboxylic acids is 2. The van der Waals surface area contributed by atoms with E-state index in [1.54, 1.807) is 30.3 Å². The molecule has 3 aliphatic rings. The topological polar surface area (TPSA) is 83.9 Å². The van der Waals surface area contributed by atoms with Gasteiger partial charge in [-0.25, -0.2) is 9.59 Å². The number of carboxylic acid groups (broad SMARTS) is 1. The Bertz CT molecular complexity index is 1470. The minimum absolute atomic E-state index is 0.135. The van der Waals surface area contributed by atoms with Crippen LogP contribution in [0.3, 0.4) is 0 Å². The molecule has 0 spiro atoms. The molecule has 1 heterocycles. The number of hydrogen-bond acceptors (Lipinski definition) is 4. The Morgan fingerprint density at radius 3 is 2.28 bits per heavy atom. The SMILES string of the molecule is CC(C)[C@H]1CC[C@H](C)C[C@@H]1OC(=O)c1ccccc1C(=O)N1CC=C2C(C)(C)C(c3ccc(C(=O)O)cc3)=CC[C@]2(C)C1. The number of nitrogens with zero attached hydrogens (tertiary/aromatic N) is 1. The number of allylic oxidation sites excluding steroid dienone is 2. The average molecular weight is 584 g/mol. The van der Waals surface area contributed by atoms with Crippen LogP contribution in [0.4, 0.5) is 0 Å². The summed E-state index contributed by atoms with van der Waals surface area (Å²) in [7, 11) is 0. The largest absolute Gasteiger partial charge is 0.478 e. The zero-order valence-corrected chi connectivity index (χ0v) is 26.4. The maximum absolute atomic E-state index is 14.0. The molecular weight excluding hydrogens is 538 g/mol. The highest BCUT2D eigenvalue weighted by atomic mass is 16.5. The third kappa shape index (κ3) is 5.93. The summed E-state index contributed by atoms with van der Waals surface area (Å²) >= 11 is 0. The third-order valence-electron chi connectivity index (χ3n) is 10.1. The van der Waals surface area contributed by atoms with Gasteiger partial charge in [0.05, 0.1) is 16.7 Å². The van der Waals surface area contributed by atoms with Gasteiger partial charge in [-0.2, -0.15) is 0 Å². The molecule has 5 rings (SSSR count). The van der Waals surface area contributed by atoms with E-state index in [0.717, 1.165) is 36.8 Å². The predicted molar refractivity (Wildman–Crippen MR) is 169 cm³/mol. The van der Waals surface area contributed by atoms with E-state index in [1.165, 1.54) is 5.57 Å². The van der Waals surface area contributed by atoms with Crippen molar-refractivity contribution >= 4 is 23.4 Å². The molecule has 1 amide bonds. The van der Waals surface area contributed by atoms with E-state index >= 15 is 0 Å². The van der Waals surface area contributed by atoms with Crippen LogP contribution in [-0.4, -0.2) is 47.0 Å². The highest BCUT2D eigenvalue weighted by Gasteiger charge is 2.46. The molecule has 228 valence electrons. The number of fused-ring (bicyclic) bond motifs is 1. The summed E-state index contributed by atoms with van der Waals surface area (Å²) in [6.07, 6.45) is 8.10. The number of benzene rings is 2. The molecule has 4 atom stereocenters. The second-order valence-corrected chi connectivity index (χ2v) is 14.0. The summed E-state index contributed by atoms with van der Waals surface area (Å²) < 4.78 is 6.15. The van der Waals surface area contributed by atoms with Gasteiger partial charge in [0.15, 0.2) is 0 Å². The van der Waals surface area contributed by atoms with Crippen LogP contribution >= 0.6 is 0 Å². The Kier molecular flexibility index (Phi) is 8.43. The maximum Gasteiger partial charge on any atom is 0.339 e. The fourth-order valence-electron chi connectivity index (χ4n) is 7.83. The normalized spacial score (nSPS) is 26.7. The van der Waals surface area contributed by atoms with Gasteiger partial charge < -0.3 is 14.7 Å². The van der Waals surface area contributed by atoms with Gasteiger partial charge in [0.2, 0.25) is 0 Å². The van der Waals surface area contributed by atoms with E-state index < -0.39 is 11.9 Å². The van der Waals surface area contributed by atoms with Gasteiger partial charge in [-0.15, -0.1) is 0 Å². The van der Waals surface area contributed by atoms with E-state index in [4.69, 9.17) is 4.74 Å². The van der Waals surface area contributed by atoms with Crippen molar-refractivity contribution in [2.75, 3.05) is 13.1 Å². The van der Waals surface area contributed by atoms with Gasteiger partial charge in [-0.05, 0) is 72.4 Å². The van der Waals surface area contributed by atoms with Crippen LogP contribution in [0.5, 0.6) is 0 Å². The number of aromatic carboxylic acids is 1. The zero-order valence-electron chi connectivity index (χ0n) is 26.4. The van der Waals surface area contributed by atoms with Crippen LogP contribution in [0.2, 0.25) is 0 Å². The Balaban J connectivity index is 1.36. The van der Waals surface area contributed by atoms with E-state index in [2.05, 4.69) is 53.7 Å². The lowest BCUT2D eigenvalue weighted by Gasteiger charge is -2.50. The lowest BCUT2D eigenvalue weighted by molar-refractivity contribution is -0.0175. The van der Waals surface area contributed by atoms with Crippen molar-refractivity contribution in [3.8, 4) is 0 Å². The third-order valence-corrected chi connectivity index (χ3v) is 10.1. The van der Waals surface area contributed by atoms with Gasteiger partial charge in [0.1, 0.15) is 6.10 Å². The number of carbonyl (C=O) groups is 3. The zero-order chi connectivity index (χ0) is 31.1. The molecule has 2 aromatic carbocycles. The molecule has 1 N–H and O–H groups in total. The molecule has 1 saturated carbocycles. The average Bonchev–Trinajstić information content (AvgIpc) is 2.96. The van der Waals surface area contributed by atoms with Crippen LogP contribution in [0.1, 0.15) is 104 Å². The number of ether oxygens (including phenoxy) is 1. The first-order valence-electron chi connectivity index (χ1n) is 15.7. The molecule has 0 aromatic heterocycles. The van der Waals surface area contributed by atoms with Gasteiger partial charge in [-0.1, -0.05) is 90.0 Å². The first kappa shape index (κ1) is 30.8. The summed E-state index contributed by atoms with van der Waals surface area (Å²) in [6, 6.07) is 14.1. The van der Waals surface area contributed by atoms with Crippen LogP contribution in [0, 0.1) is 28.6 Å². The first-order valence-corrected chi connectivity index (χ1v) is 15.7. The van der Waals surface area contributed by atoms with Crippen molar-refractivity contribution in [2.45, 2.75) is 73.3 Å². The Morgan fingerprint density at radius 2 is 1.63 bits per heavy atom. The van der Waals surface area contributed by atoms with E-state index in [0.29, 0.717) is 42.0 Å². The van der Waals surface area contributed by atoms with Crippen molar-refractivity contribution in [2.24, 2.45) is 28.6 Å². The highest BCUT2D eigenvalue weighted by Crippen LogP contribution is 2.55. The quantitative estimate of drug-likeness (QED) is 0.276. The van der Waals surface area contributed by atoms with Crippen molar-refractivity contribution in [3.05, 3.63) is 88.5 Å². The summed E-state index contributed by atoms with van der Waals surface area (Å²) in [6.45, 7) is 14.2. The molecule has 1 aliphatic heterocycles. The van der Waals surface area contributed by atoms with Gasteiger partial charge >= 0.3 is 11.9 Å². The Labute approximate surface area is 255 Å². The van der Waals surface area contributed by atoms with Crippen LogP contribution in [0.25, 0.3) is 5.57 Å². The van der Waals surface area contributed by atoms with Crippen LogP contribution < -0.4 is 0 Å². The molecule has 2 aliphatic carbocycles. The van der Waals surface area contributed by atoms with Crippen molar-refractivity contribution < 1.29 is 24.2 Å². The summed E-state index contributed by atoms with van der Waals surface area (Å²) in [5.41, 5.74) is 3.90. The van der Waals surface area contributed by atoms with Crippen molar-refractivity contribution in [3.63, 3.8) is 0 Å². The lowest BCUT2D eigenvalue weighted by atomic mass is 9.58. The molecule has 6 heteroatoms. The molecule has 43 heavy (non-hydrogen) atoms. The molecule has 1 fully saturated rings. The minimum atomic E-state index is -0.936. The number of carboxylic acids is 1. The highest BCUT2D eigenvalue weighted by molar-refractivity contribution is 6.05.